The summed E-state index contributed by atoms with van der Waals surface area (Å²) in [6, 6.07) is 12.5. The number of rotatable bonds is 3. The van der Waals surface area contributed by atoms with Crippen LogP contribution in [0.3, 0.4) is 0 Å². The molecule has 1 aliphatic heterocycles. The first-order valence-electron chi connectivity index (χ1n) is 7.29. The van der Waals surface area contributed by atoms with Crippen LogP contribution in [0.5, 0.6) is 5.75 Å². The summed E-state index contributed by atoms with van der Waals surface area (Å²) in [5, 5.41) is 6.97. The second-order valence-corrected chi connectivity index (χ2v) is 6.74. The molecule has 0 spiro atoms. The number of hydrogen-bond acceptors (Lipinski definition) is 3. The standard InChI is InChI=1S/C17H17FN2OS2/c1-21-13-5-3-12(4-6-13)19-17(22)20-15-8-9-23-16-7-2-11(18)10-14(15)16/h2-7,10,15H,8-9H2,1H3,(H2,19,20,22)/t15-/m0/s1. The van der Waals surface area contributed by atoms with Crippen LogP contribution < -0.4 is 15.4 Å². The van der Waals surface area contributed by atoms with E-state index < -0.39 is 0 Å². The maximum atomic E-state index is 13.5. The lowest BCUT2D eigenvalue weighted by Crippen LogP contribution is -2.34. The third-order valence-electron chi connectivity index (χ3n) is 3.66. The highest BCUT2D eigenvalue weighted by molar-refractivity contribution is 7.99. The predicted molar refractivity (Wildman–Crippen MR) is 96.8 cm³/mol. The van der Waals surface area contributed by atoms with Crippen LogP contribution in [0.1, 0.15) is 18.0 Å². The third-order valence-corrected chi connectivity index (χ3v) is 5.01. The summed E-state index contributed by atoms with van der Waals surface area (Å²) in [7, 11) is 1.63. The van der Waals surface area contributed by atoms with Crippen molar-refractivity contribution in [3.63, 3.8) is 0 Å². The zero-order chi connectivity index (χ0) is 16.2. The molecule has 2 aromatic rings. The molecule has 0 unspecified atom stereocenters. The molecular weight excluding hydrogens is 331 g/mol. The fourth-order valence-corrected chi connectivity index (χ4v) is 3.88. The molecule has 0 amide bonds. The molecule has 2 aromatic carbocycles. The van der Waals surface area contributed by atoms with E-state index in [1.165, 1.54) is 6.07 Å². The van der Waals surface area contributed by atoms with Gasteiger partial charge < -0.3 is 15.4 Å². The molecule has 1 heterocycles. The fraction of sp³-hybridized carbons (Fsp3) is 0.235. The molecule has 0 aromatic heterocycles. The van der Waals surface area contributed by atoms with E-state index in [4.69, 9.17) is 17.0 Å². The molecule has 0 radical (unpaired) electrons. The average molecular weight is 348 g/mol. The van der Waals surface area contributed by atoms with Gasteiger partial charge in [0.2, 0.25) is 0 Å². The van der Waals surface area contributed by atoms with Crippen molar-refractivity contribution in [2.24, 2.45) is 0 Å². The van der Waals surface area contributed by atoms with E-state index >= 15 is 0 Å². The summed E-state index contributed by atoms with van der Waals surface area (Å²) in [5.74, 6) is 1.57. The van der Waals surface area contributed by atoms with Crippen LogP contribution in [0.15, 0.2) is 47.4 Å². The summed E-state index contributed by atoms with van der Waals surface area (Å²) in [4.78, 5) is 1.11. The van der Waals surface area contributed by atoms with Crippen molar-refractivity contribution in [2.75, 3.05) is 18.2 Å². The summed E-state index contributed by atoms with van der Waals surface area (Å²) >= 11 is 7.14. The van der Waals surface area contributed by atoms with Gasteiger partial charge in [-0.1, -0.05) is 0 Å². The lowest BCUT2D eigenvalue weighted by Gasteiger charge is -2.27. The predicted octanol–water partition coefficient (Wildman–Crippen LogP) is 4.36. The van der Waals surface area contributed by atoms with Gasteiger partial charge in [-0.25, -0.2) is 4.39 Å². The van der Waals surface area contributed by atoms with Crippen molar-refractivity contribution in [2.45, 2.75) is 17.4 Å². The Morgan fingerprint density at radius 1 is 1.26 bits per heavy atom. The SMILES string of the molecule is COc1ccc(NC(=S)N[C@H]2CCSc3ccc(F)cc32)cc1. The molecule has 0 saturated carbocycles. The molecule has 0 bridgehead atoms. The second-order valence-electron chi connectivity index (χ2n) is 5.20. The molecule has 0 fully saturated rings. The van der Waals surface area contributed by atoms with Gasteiger partial charge in [0.25, 0.3) is 0 Å². The van der Waals surface area contributed by atoms with Gasteiger partial charge in [-0.05, 0) is 66.7 Å². The number of thiocarbonyl (C=S) groups is 1. The lowest BCUT2D eigenvalue weighted by molar-refractivity contribution is 0.415. The van der Waals surface area contributed by atoms with Crippen molar-refractivity contribution in [1.29, 1.82) is 0 Å². The van der Waals surface area contributed by atoms with Gasteiger partial charge in [-0.15, -0.1) is 11.8 Å². The van der Waals surface area contributed by atoms with Crippen LogP contribution in [0.4, 0.5) is 10.1 Å². The Hall–Kier alpha value is -1.79. The highest BCUT2D eigenvalue weighted by atomic mass is 32.2. The number of thioether (sulfide) groups is 1. The Kier molecular flexibility index (Phi) is 5.03. The zero-order valence-electron chi connectivity index (χ0n) is 12.6. The summed E-state index contributed by atoms with van der Waals surface area (Å²) in [6.45, 7) is 0. The number of nitrogens with one attached hydrogen (secondary N) is 2. The molecule has 6 heteroatoms. The van der Waals surface area contributed by atoms with Crippen LogP contribution in [0.25, 0.3) is 0 Å². The van der Waals surface area contributed by atoms with Gasteiger partial charge in [0, 0.05) is 16.3 Å². The Bertz CT molecular complexity index is 706. The van der Waals surface area contributed by atoms with Crippen molar-refractivity contribution in [3.05, 3.63) is 53.8 Å². The minimum atomic E-state index is -0.216. The Balaban J connectivity index is 1.67. The van der Waals surface area contributed by atoms with E-state index in [0.29, 0.717) is 5.11 Å². The summed E-state index contributed by atoms with van der Waals surface area (Å²) in [5.41, 5.74) is 1.85. The van der Waals surface area contributed by atoms with Gasteiger partial charge in [0.15, 0.2) is 5.11 Å². The number of methoxy groups -OCH3 is 1. The maximum absolute atomic E-state index is 13.5. The molecule has 0 aliphatic carbocycles. The molecule has 1 aliphatic rings. The van der Waals surface area contributed by atoms with Crippen molar-refractivity contribution in [3.8, 4) is 5.75 Å². The molecule has 3 rings (SSSR count). The molecule has 0 saturated heterocycles. The number of anilines is 1. The number of fused-ring (bicyclic) bond motifs is 1. The number of hydrogen-bond donors (Lipinski definition) is 2. The fourth-order valence-electron chi connectivity index (χ4n) is 2.52. The lowest BCUT2D eigenvalue weighted by atomic mass is 10.0. The molecule has 3 nitrogen and oxygen atoms in total. The van der Waals surface area contributed by atoms with E-state index in [1.807, 2.05) is 30.3 Å². The Labute approximate surface area is 144 Å². The number of ether oxygens (including phenoxy) is 1. The molecule has 1 atom stereocenters. The highest BCUT2D eigenvalue weighted by Gasteiger charge is 2.21. The van der Waals surface area contributed by atoms with Crippen LogP contribution in [-0.2, 0) is 0 Å². The van der Waals surface area contributed by atoms with Crippen molar-refractivity contribution in [1.82, 2.24) is 5.32 Å². The first-order valence-corrected chi connectivity index (χ1v) is 8.69. The normalized spacial score (nSPS) is 16.3. The first-order chi connectivity index (χ1) is 11.2. The molecular formula is C17H17FN2OS2. The van der Waals surface area contributed by atoms with E-state index in [1.54, 1.807) is 24.9 Å². The van der Waals surface area contributed by atoms with Crippen LogP contribution in [-0.4, -0.2) is 18.0 Å². The molecule has 23 heavy (non-hydrogen) atoms. The van der Waals surface area contributed by atoms with E-state index in [-0.39, 0.29) is 11.9 Å². The van der Waals surface area contributed by atoms with Crippen LogP contribution in [0, 0.1) is 5.82 Å². The van der Waals surface area contributed by atoms with Crippen LogP contribution in [0.2, 0.25) is 0 Å². The zero-order valence-corrected chi connectivity index (χ0v) is 14.3. The molecule has 2 N–H and O–H groups in total. The van der Waals surface area contributed by atoms with Crippen molar-refractivity contribution < 1.29 is 9.13 Å². The van der Waals surface area contributed by atoms with E-state index in [9.17, 15) is 4.39 Å². The monoisotopic (exact) mass is 348 g/mol. The minimum Gasteiger partial charge on any atom is -0.497 e. The minimum absolute atomic E-state index is 0.0280. The van der Waals surface area contributed by atoms with Crippen LogP contribution >= 0.6 is 24.0 Å². The van der Waals surface area contributed by atoms with Gasteiger partial charge in [-0.3, -0.25) is 0 Å². The first kappa shape index (κ1) is 16.1. The highest BCUT2D eigenvalue weighted by Crippen LogP contribution is 2.36. The Morgan fingerprint density at radius 2 is 2.04 bits per heavy atom. The molecule has 120 valence electrons. The largest absolute Gasteiger partial charge is 0.497 e. The second kappa shape index (κ2) is 7.19. The third kappa shape index (κ3) is 3.95. The van der Waals surface area contributed by atoms with Gasteiger partial charge in [-0.2, -0.15) is 0 Å². The van der Waals surface area contributed by atoms with Gasteiger partial charge in [0.1, 0.15) is 11.6 Å². The summed E-state index contributed by atoms with van der Waals surface area (Å²) in [6.07, 6.45) is 0.908. The average Bonchev–Trinajstić information content (AvgIpc) is 2.56. The Morgan fingerprint density at radius 3 is 2.78 bits per heavy atom. The number of halogens is 1. The van der Waals surface area contributed by atoms with E-state index in [0.717, 1.165) is 34.1 Å². The maximum Gasteiger partial charge on any atom is 0.171 e. The quantitative estimate of drug-likeness (QED) is 0.806. The van der Waals surface area contributed by atoms with Gasteiger partial charge >= 0.3 is 0 Å². The van der Waals surface area contributed by atoms with E-state index in [2.05, 4.69) is 10.6 Å². The summed E-state index contributed by atoms with van der Waals surface area (Å²) < 4.78 is 18.7. The smallest absolute Gasteiger partial charge is 0.171 e. The van der Waals surface area contributed by atoms with Crippen molar-refractivity contribution >= 4 is 34.8 Å². The topological polar surface area (TPSA) is 33.3 Å². The number of benzene rings is 2. The van der Waals surface area contributed by atoms with Gasteiger partial charge in [0.05, 0.1) is 13.2 Å².